The molecule has 0 spiro atoms. The van der Waals surface area contributed by atoms with Gasteiger partial charge in [0.2, 0.25) is 5.91 Å². The molecule has 2 atom stereocenters. The van der Waals surface area contributed by atoms with Crippen molar-refractivity contribution in [3.63, 3.8) is 0 Å². The van der Waals surface area contributed by atoms with Crippen molar-refractivity contribution in [1.82, 2.24) is 30.2 Å². The first-order valence-corrected chi connectivity index (χ1v) is 16.2. The Hall–Kier alpha value is -4.51. The van der Waals surface area contributed by atoms with Gasteiger partial charge in [-0.3, -0.25) is 14.2 Å². The van der Waals surface area contributed by atoms with Gasteiger partial charge < -0.3 is 25.1 Å². The quantitative estimate of drug-likeness (QED) is 0.118. The number of amides is 2. The third-order valence-corrected chi connectivity index (χ3v) is 7.01. The lowest BCUT2D eigenvalue weighted by atomic mass is 10.2. The Morgan fingerprint density at radius 2 is 1.50 bits per heavy atom. The van der Waals surface area contributed by atoms with E-state index in [9.17, 15) is 14.4 Å². The lowest BCUT2D eigenvalue weighted by Crippen LogP contribution is -2.35. The van der Waals surface area contributed by atoms with E-state index in [2.05, 4.69) is 99.3 Å². The number of nitrogens with one attached hydrogen (secondary N) is 3. The maximum Gasteiger partial charge on any atom is 0.407 e. The van der Waals surface area contributed by atoms with Gasteiger partial charge in [0.15, 0.2) is 11.2 Å². The molecule has 3 rings (SSSR count). The van der Waals surface area contributed by atoms with Gasteiger partial charge in [0.05, 0.1) is 18.8 Å². The Balaban J connectivity index is 1.13. The van der Waals surface area contributed by atoms with E-state index < -0.39 is 6.09 Å². The van der Waals surface area contributed by atoms with Gasteiger partial charge in [-0.2, -0.15) is 0 Å². The molecule has 1 fully saturated rings. The maximum atomic E-state index is 12.0. The molecule has 0 bridgehead atoms. The van der Waals surface area contributed by atoms with Crippen molar-refractivity contribution in [1.29, 1.82) is 0 Å². The van der Waals surface area contributed by atoms with Crippen LogP contribution in [0.25, 0.3) is 11.2 Å². The molecule has 0 aromatic carbocycles. The van der Waals surface area contributed by atoms with Crippen molar-refractivity contribution in [3.8, 4) is 0 Å². The van der Waals surface area contributed by atoms with Crippen molar-refractivity contribution in [3.05, 3.63) is 95.9 Å². The zero-order valence-electron chi connectivity index (χ0n) is 26.8. The average Bonchev–Trinajstić information content (AvgIpc) is 3.71. The summed E-state index contributed by atoms with van der Waals surface area (Å²) >= 11 is 0. The van der Waals surface area contributed by atoms with E-state index in [1.165, 1.54) is 12.7 Å². The second kappa shape index (κ2) is 22.1. The predicted octanol–water partition coefficient (Wildman–Crippen LogP) is 6.12. The van der Waals surface area contributed by atoms with Crippen LogP contribution in [-0.4, -0.2) is 57.3 Å². The summed E-state index contributed by atoms with van der Waals surface area (Å²) in [4.78, 5) is 46.7. The zero-order chi connectivity index (χ0) is 32.7. The van der Waals surface area contributed by atoms with Crippen LogP contribution in [-0.2, 0) is 14.3 Å². The van der Waals surface area contributed by atoms with E-state index in [1.807, 2.05) is 6.08 Å². The molecule has 1 saturated heterocycles. The lowest BCUT2D eigenvalue weighted by molar-refractivity contribution is -0.120. The highest BCUT2D eigenvalue weighted by Gasteiger charge is 2.29. The van der Waals surface area contributed by atoms with E-state index in [4.69, 9.17) is 9.47 Å². The maximum absolute atomic E-state index is 12.0. The van der Waals surface area contributed by atoms with Gasteiger partial charge in [-0.1, -0.05) is 79.8 Å². The van der Waals surface area contributed by atoms with E-state index in [-0.39, 0.29) is 42.5 Å². The number of hydrogen-bond acceptors (Lipinski definition) is 7. The minimum atomic E-state index is -0.569. The SMILES string of the molecule is CC/C=C\C/C=C\C/C=C\C/C=C\C/C=C\C/C=C\CCC(=O)NCCNC(=O)OC[C@@H]1CC[C@H](n2cnc3c(=O)[nH]cnc32)O1. The summed E-state index contributed by atoms with van der Waals surface area (Å²) in [6, 6.07) is 0. The highest BCUT2D eigenvalue weighted by Crippen LogP contribution is 2.29. The number of nitrogens with zero attached hydrogens (tertiary/aromatic N) is 3. The third-order valence-electron chi connectivity index (χ3n) is 7.01. The number of rotatable bonds is 20. The molecule has 0 saturated carbocycles. The average molecular weight is 633 g/mol. The van der Waals surface area contributed by atoms with Gasteiger partial charge >= 0.3 is 6.09 Å². The largest absolute Gasteiger partial charge is 0.447 e. The fourth-order valence-electron chi connectivity index (χ4n) is 4.62. The summed E-state index contributed by atoms with van der Waals surface area (Å²) < 4.78 is 13.0. The van der Waals surface area contributed by atoms with Crippen LogP contribution in [0.5, 0.6) is 0 Å². The molecular formula is C35H48N6O5. The Labute approximate surface area is 271 Å². The first-order chi connectivity index (χ1) is 22.6. The van der Waals surface area contributed by atoms with Crippen LogP contribution in [0.2, 0.25) is 0 Å². The monoisotopic (exact) mass is 632 g/mol. The van der Waals surface area contributed by atoms with Gasteiger partial charge in [-0.25, -0.2) is 14.8 Å². The van der Waals surface area contributed by atoms with Crippen LogP contribution in [0.3, 0.4) is 0 Å². The third kappa shape index (κ3) is 14.1. The first-order valence-electron chi connectivity index (χ1n) is 16.2. The van der Waals surface area contributed by atoms with Gasteiger partial charge in [-0.15, -0.1) is 0 Å². The number of ether oxygens (including phenoxy) is 2. The van der Waals surface area contributed by atoms with Gasteiger partial charge in [0.1, 0.15) is 12.8 Å². The smallest absolute Gasteiger partial charge is 0.407 e. The van der Waals surface area contributed by atoms with E-state index >= 15 is 0 Å². The Morgan fingerprint density at radius 3 is 2.15 bits per heavy atom. The molecule has 0 unspecified atom stereocenters. The Kier molecular flexibility index (Phi) is 17.3. The number of H-pyrrole nitrogens is 1. The van der Waals surface area contributed by atoms with Crippen molar-refractivity contribution in [2.24, 2.45) is 0 Å². The second-order valence-electron chi connectivity index (χ2n) is 10.7. The fourth-order valence-corrected chi connectivity index (χ4v) is 4.62. The lowest BCUT2D eigenvalue weighted by Gasteiger charge is -2.15. The summed E-state index contributed by atoms with van der Waals surface area (Å²) in [5.74, 6) is -0.0661. The highest BCUT2D eigenvalue weighted by molar-refractivity contribution is 5.76. The second-order valence-corrected chi connectivity index (χ2v) is 10.7. The number of carbonyl (C=O) groups is 2. The number of alkyl carbamates (subject to hydrolysis) is 1. The Morgan fingerprint density at radius 1 is 0.891 bits per heavy atom. The van der Waals surface area contributed by atoms with E-state index in [0.29, 0.717) is 37.9 Å². The molecular weight excluding hydrogens is 584 g/mol. The molecule has 0 aliphatic carbocycles. The molecule has 3 heterocycles. The van der Waals surface area contributed by atoms with Crippen LogP contribution < -0.4 is 16.2 Å². The molecule has 1 aliphatic heterocycles. The highest BCUT2D eigenvalue weighted by atomic mass is 16.6. The van der Waals surface area contributed by atoms with Gasteiger partial charge in [-0.05, 0) is 57.8 Å². The standard InChI is InChI=1S/C35H48N6O5/c1-2-3-4-5-6-7-8-9-10-11-12-13-14-15-16-17-18-19-20-21-30(42)36-24-25-37-35(44)45-26-29-22-23-31(46-29)41-28-40-32-33(41)38-27-39-34(32)43/h3-4,6-7,9-10,12-13,15-16,18-19,27-29,31H,2,5,8,11,14,17,20-26H2,1H3,(H,36,42)(H,37,44)(H,38,39,43)/b4-3-,7-6-,10-9-,13-12-,16-15-,19-18-/t29-,31+/m0/s1. The fraction of sp³-hybridized carbons (Fsp3) is 0.457. The molecule has 2 aromatic rings. The number of carbonyl (C=O) groups excluding carboxylic acids is 2. The van der Waals surface area contributed by atoms with E-state index in [0.717, 1.165) is 38.5 Å². The van der Waals surface area contributed by atoms with Crippen LogP contribution in [0.15, 0.2) is 90.4 Å². The molecule has 11 nitrogen and oxygen atoms in total. The van der Waals surface area contributed by atoms with E-state index in [1.54, 1.807) is 4.57 Å². The van der Waals surface area contributed by atoms with Crippen LogP contribution in [0.1, 0.15) is 77.4 Å². The number of imidazole rings is 1. The van der Waals surface area contributed by atoms with Crippen LogP contribution >= 0.6 is 0 Å². The molecule has 2 amide bonds. The predicted molar refractivity (Wildman–Crippen MR) is 181 cm³/mol. The molecule has 1 aliphatic rings. The van der Waals surface area contributed by atoms with Crippen molar-refractivity contribution >= 4 is 23.2 Å². The zero-order valence-corrected chi connectivity index (χ0v) is 26.8. The summed E-state index contributed by atoms with van der Waals surface area (Å²) in [5, 5.41) is 5.43. The summed E-state index contributed by atoms with van der Waals surface area (Å²) in [6.45, 7) is 2.82. The number of hydrogen-bond donors (Lipinski definition) is 3. The molecule has 11 heteroatoms. The van der Waals surface area contributed by atoms with Gasteiger partial charge in [0.25, 0.3) is 5.56 Å². The van der Waals surface area contributed by atoms with Crippen LogP contribution in [0, 0.1) is 0 Å². The topological polar surface area (TPSA) is 140 Å². The molecule has 46 heavy (non-hydrogen) atoms. The summed E-state index contributed by atoms with van der Waals surface area (Å²) in [5.41, 5.74) is 0.401. The molecule has 3 N–H and O–H groups in total. The molecule has 0 radical (unpaired) electrons. The minimum absolute atomic E-state index is 0.0661. The van der Waals surface area contributed by atoms with Gasteiger partial charge in [0, 0.05) is 19.5 Å². The summed E-state index contributed by atoms with van der Waals surface area (Å²) in [6.07, 6.45) is 35.7. The number of aromatic amines is 1. The van der Waals surface area contributed by atoms with Crippen molar-refractivity contribution in [2.75, 3.05) is 19.7 Å². The Bertz CT molecular complexity index is 1430. The van der Waals surface area contributed by atoms with Crippen molar-refractivity contribution in [2.45, 2.75) is 83.5 Å². The number of aromatic nitrogens is 4. The normalized spacial score (nSPS) is 17.2. The van der Waals surface area contributed by atoms with Crippen LogP contribution in [0.4, 0.5) is 4.79 Å². The molecule has 2 aromatic heterocycles. The van der Waals surface area contributed by atoms with Crippen molar-refractivity contribution < 1.29 is 19.1 Å². The first kappa shape index (κ1) is 36.0. The number of fused-ring (bicyclic) bond motifs is 1. The number of allylic oxidation sites excluding steroid dienone is 12. The summed E-state index contributed by atoms with van der Waals surface area (Å²) in [7, 11) is 0. The molecule has 248 valence electrons. The minimum Gasteiger partial charge on any atom is -0.447 e.